The van der Waals surface area contributed by atoms with Gasteiger partial charge in [-0.2, -0.15) is 23.3 Å². The minimum atomic E-state index is -5.33. The van der Waals surface area contributed by atoms with Gasteiger partial charge in [0.25, 0.3) is 5.91 Å². The maximum Gasteiger partial charge on any atom is 0.435 e. The van der Waals surface area contributed by atoms with E-state index in [1.165, 1.54) is 12.1 Å². The molecule has 1 aliphatic rings. The summed E-state index contributed by atoms with van der Waals surface area (Å²) >= 11 is 0. The Kier molecular flexibility index (Phi) is 5.10. The zero-order valence-corrected chi connectivity index (χ0v) is 16.2. The number of rotatable bonds is 2. The summed E-state index contributed by atoms with van der Waals surface area (Å²) in [6, 6.07) is 4.31. The summed E-state index contributed by atoms with van der Waals surface area (Å²) in [5.41, 5.74) is -5.53. The van der Waals surface area contributed by atoms with Crippen molar-refractivity contribution in [3.05, 3.63) is 80.7 Å². The lowest BCUT2D eigenvalue weighted by Crippen LogP contribution is -2.26. The number of hydrogen-bond acceptors (Lipinski definition) is 4. The van der Waals surface area contributed by atoms with Gasteiger partial charge in [0.2, 0.25) is 0 Å². The molecule has 0 bridgehead atoms. The van der Waals surface area contributed by atoms with Gasteiger partial charge in [-0.1, -0.05) is 11.6 Å². The van der Waals surface area contributed by atoms with Crippen LogP contribution in [-0.2, 0) is 4.79 Å². The largest absolute Gasteiger partial charge is 0.463 e. The van der Waals surface area contributed by atoms with Crippen LogP contribution in [0.2, 0.25) is 0 Å². The number of hydrogen-bond donors (Lipinski definition) is 0. The average Bonchev–Trinajstić information content (AvgIpc) is 3.06. The zero-order valence-electron chi connectivity index (χ0n) is 16.2. The number of benzene rings is 2. The van der Waals surface area contributed by atoms with Gasteiger partial charge in [-0.05, 0) is 25.1 Å². The fourth-order valence-corrected chi connectivity index (χ4v) is 3.17. The number of carbonyl (C=O) groups is 1. The van der Waals surface area contributed by atoms with E-state index in [4.69, 9.17) is 4.42 Å². The van der Waals surface area contributed by atoms with Gasteiger partial charge in [-0.15, -0.1) is 0 Å². The third-order valence-electron chi connectivity index (χ3n) is 4.70. The highest BCUT2D eigenvalue weighted by molar-refractivity contribution is 6.34. The normalized spacial score (nSPS) is 15.6. The summed E-state index contributed by atoms with van der Waals surface area (Å²) in [6.07, 6.45) is -4.06. The zero-order chi connectivity index (χ0) is 24.2. The average molecular weight is 470 g/mol. The molecule has 12 heteroatoms. The maximum atomic E-state index is 14.1. The van der Waals surface area contributed by atoms with Gasteiger partial charge in [0.05, 0.1) is 16.5 Å². The van der Waals surface area contributed by atoms with E-state index in [2.05, 4.69) is 5.10 Å². The predicted octanol–water partition coefficient (Wildman–Crippen LogP) is 5.01. The molecule has 0 saturated heterocycles. The molecular weight excluding hydrogens is 461 g/mol. The molecular formula is C21H9F7N2O3. The molecule has 3 aromatic rings. The van der Waals surface area contributed by atoms with E-state index in [0.29, 0.717) is 11.6 Å². The Bertz CT molecular complexity index is 1430. The molecule has 0 atom stereocenters. The Labute approximate surface area is 179 Å². The number of aryl methyl sites for hydroxylation is 1. The highest BCUT2D eigenvalue weighted by atomic mass is 19.4. The van der Waals surface area contributed by atoms with Crippen molar-refractivity contribution in [1.29, 1.82) is 0 Å². The number of fused-ring (bicyclic) bond motifs is 1. The van der Waals surface area contributed by atoms with Crippen molar-refractivity contribution in [2.45, 2.75) is 13.1 Å². The van der Waals surface area contributed by atoms with Gasteiger partial charge < -0.3 is 4.42 Å². The molecule has 1 aromatic heterocycles. The van der Waals surface area contributed by atoms with Crippen molar-refractivity contribution >= 4 is 34.4 Å². The van der Waals surface area contributed by atoms with Gasteiger partial charge in [0.1, 0.15) is 17.5 Å². The third-order valence-corrected chi connectivity index (χ3v) is 4.70. The predicted molar refractivity (Wildman–Crippen MR) is 102 cm³/mol. The minimum Gasteiger partial charge on any atom is -0.463 e. The Morgan fingerprint density at radius 3 is 2.24 bits per heavy atom. The number of halogens is 7. The standard InChI is InChI=1S/C21H9F7N2O3/c1-8-2-3-14-10(4-8)18(31)9(7-33-14)5-11-19(21(26,27)28)29-30(20(11)32)17-15(24)12(22)6-13(23)16(17)25/h2-7H,1H3/b11-5-. The minimum absolute atomic E-state index is 0.00133. The van der Waals surface area contributed by atoms with Gasteiger partial charge >= 0.3 is 6.18 Å². The number of alkyl halides is 3. The Hall–Kier alpha value is -3.96. The van der Waals surface area contributed by atoms with Crippen molar-refractivity contribution in [3.63, 3.8) is 0 Å². The van der Waals surface area contributed by atoms with E-state index in [9.17, 15) is 40.3 Å². The molecule has 5 nitrogen and oxygen atoms in total. The fourth-order valence-electron chi connectivity index (χ4n) is 3.17. The van der Waals surface area contributed by atoms with Crippen molar-refractivity contribution in [2.75, 3.05) is 5.01 Å². The molecule has 0 spiro atoms. The summed E-state index contributed by atoms with van der Waals surface area (Å²) in [6.45, 7) is 1.65. The molecule has 0 aliphatic carbocycles. The topological polar surface area (TPSA) is 62.9 Å². The van der Waals surface area contributed by atoms with Crippen LogP contribution >= 0.6 is 0 Å². The highest BCUT2D eigenvalue weighted by Crippen LogP contribution is 2.36. The van der Waals surface area contributed by atoms with Crippen LogP contribution in [0.4, 0.5) is 36.4 Å². The number of nitrogens with zero attached hydrogens (tertiary/aromatic N) is 2. The van der Waals surface area contributed by atoms with E-state index < -0.39 is 68.3 Å². The number of carbonyl (C=O) groups excluding carboxylic acids is 1. The van der Waals surface area contributed by atoms with E-state index in [-0.39, 0.29) is 17.0 Å². The fraction of sp³-hybridized carbons (Fsp3) is 0.0952. The van der Waals surface area contributed by atoms with Crippen LogP contribution in [0.25, 0.3) is 17.0 Å². The molecule has 0 fully saturated rings. The first kappa shape index (κ1) is 22.2. The van der Waals surface area contributed by atoms with E-state index in [0.717, 1.165) is 6.26 Å². The third kappa shape index (κ3) is 3.66. The van der Waals surface area contributed by atoms with Crippen molar-refractivity contribution in [3.8, 4) is 0 Å². The highest BCUT2D eigenvalue weighted by Gasteiger charge is 2.48. The van der Waals surface area contributed by atoms with E-state index in [1.54, 1.807) is 13.0 Å². The van der Waals surface area contributed by atoms with Crippen LogP contribution in [0.15, 0.2) is 50.4 Å². The molecule has 2 aromatic carbocycles. The van der Waals surface area contributed by atoms with Crippen molar-refractivity contribution < 1.29 is 39.9 Å². The summed E-state index contributed by atoms with van der Waals surface area (Å²) in [5.74, 6) is -9.94. The van der Waals surface area contributed by atoms with Crippen LogP contribution in [0, 0.1) is 30.2 Å². The maximum absolute atomic E-state index is 14.1. The molecule has 0 N–H and O–H groups in total. The van der Waals surface area contributed by atoms with Crippen molar-refractivity contribution in [1.82, 2.24) is 0 Å². The smallest absolute Gasteiger partial charge is 0.435 e. The number of hydrazone groups is 1. The van der Waals surface area contributed by atoms with Gasteiger partial charge in [-0.25, -0.2) is 17.6 Å². The summed E-state index contributed by atoms with van der Waals surface area (Å²) in [7, 11) is 0. The molecule has 170 valence electrons. The Morgan fingerprint density at radius 2 is 1.64 bits per heavy atom. The van der Waals surface area contributed by atoms with Gasteiger partial charge in [0.15, 0.2) is 34.4 Å². The van der Waals surface area contributed by atoms with Crippen LogP contribution in [-0.4, -0.2) is 17.8 Å². The second-order valence-corrected chi connectivity index (χ2v) is 6.96. The Morgan fingerprint density at radius 1 is 1.00 bits per heavy atom. The molecule has 0 unspecified atom stereocenters. The molecule has 1 aliphatic heterocycles. The molecule has 2 heterocycles. The summed E-state index contributed by atoms with van der Waals surface area (Å²) < 4.78 is 101. The van der Waals surface area contributed by atoms with Gasteiger partial charge in [0, 0.05) is 6.07 Å². The lowest BCUT2D eigenvalue weighted by atomic mass is 10.0. The van der Waals surface area contributed by atoms with Crippen LogP contribution in [0.1, 0.15) is 11.1 Å². The quantitative estimate of drug-likeness (QED) is 0.301. The summed E-state index contributed by atoms with van der Waals surface area (Å²) in [5, 5.41) is 2.41. The first-order valence-electron chi connectivity index (χ1n) is 8.97. The number of amides is 1. The van der Waals surface area contributed by atoms with E-state index in [1.807, 2.05) is 0 Å². The number of anilines is 1. The molecule has 4 rings (SSSR count). The van der Waals surface area contributed by atoms with Crippen LogP contribution in [0.3, 0.4) is 0 Å². The molecule has 0 radical (unpaired) electrons. The van der Waals surface area contributed by atoms with Crippen molar-refractivity contribution in [2.24, 2.45) is 5.10 Å². The SMILES string of the molecule is Cc1ccc2occ(/C=C3\C(=O)N(c4c(F)c(F)cc(F)c4F)N=C3C(F)(F)F)c(=O)c2c1. The van der Waals surface area contributed by atoms with Crippen LogP contribution < -0.4 is 10.4 Å². The second kappa shape index (κ2) is 7.57. The summed E-state index contributed by atoms with van der Waals surface area (Å²) in [4.78, 5) is 25.4. The Balaban J connectivity index is 1.92. The second-order valence-electron chi connectivity index (χ2n) is 6.96. The monoisotopic (exact) mass is 470 g/mol. The molecule has 1 amide bonds. The molecule has 33 heavy (non-hydrogen) atoms. The van der Waals surface area contributed by atoms with Gasteiger partial charge in [-0.3, -0.25) is 9.59 Å². The molecule has 0 saturated carbocycles. The first-order valence-corrected chi connectivity index (χ1v) is 8.97. The van der Waals surface area contributed by atoms with Crippen LogP contribution in [0.5, 0.6) is 0 Å². The lowest BCUT2D eigenvalue weighted by Gasteiger charge is -2.14. The van der Waals surface area contributed by atoms with E-state index >= 15 is 0 Å². The lowest BCUT2D eigenvalue weighted by molar-refractivity contribution is -0.114. The first-order chi connectivity index (χ1) is 15.4.